The van der Waals surface area contributed by atoms with Crippen LogP contribution >= 0.6 is 23.1 Å². The van der Waals surface area contributed by atoms with Crippen LogP contribution in [0.1, 0.15) is 57.4 Å². The molecule has 0 spiro atoms. The summed E-state index contributed by atoms with van der Waals surface area (Å²) in [5.74, 6) is 1.65. The normalized spacial score (nSPS) is 16.9. The number of thioether (sulfide) groups is 1. The predicted molar refractivity (Wildman–Crippen MR) is 126 cm³/mol. The Labute approximate surface area is 181 Å². The largest absolute Gasteiger partial charge is 0.268 e. The molecule has 2 heterocycles. The van der Waals surface area contributed by atoms with E-state index in [0.717, 1.165) is 58.9 Å². The number of thiophene rings is 1. The van der Waals surface area contributed by atoms with Gasteiger partial charge in [-0.05, 0) is 54.7 Å². The number of para-hydroxylation sites is 1. The van der Waals surface area contributed by atoms with Gasteiger partial charge in [0.2, 0.25) is 0 Å². The molecule has 1 aromatic carbocycles. The fourth-order valence-corrected chi connectivity index (χ4v) is 6.59. The van der Waals surface area contributed by atoms with Gasteiger partial charge >= 0.3 is 0 Å². The molecule has 3 aromatic rings. The number of rotatable bonds is 5. The van der Waals surface area contributed by atoms with Crippen molar-refractivity contribution in [3.05, 3.63) is 51.1 Å². The third kappa shape index (κ3) is 4.04. The molecule has 0 fully saturated rings. The Kier molecular flexibility index (Phi) is 5.90. The van der Waals surface area contributed by atoms with E-state index in [2.05, 4.69) is 27.7 Å². The first-order valence-electron chi connectivity index (χ1n) is 10.7. The molecule has 4 rings (SSSR count). The highest BCUT2D eigenvalue weighted by molar-refractivity contribution is 7.99. The Morgan fingerprint density at radius 3 is 2.69 bits per heavy atom. The quantitative estimate of drug-likeness (QED) is 0.266. The van der Waals surface area contributed by atoms with Gasteiger partial charge in [0.05, 0.1) is 11.1 Å². The predicted octanol–water partition coefficient (Wildman–Crippen LogP) is 6.49. The van der Waals surface area contributed by atoms with Crippen LogP contribution in [0.25, 0.3) is 15.9 Å². The molecule has 0 amide bonds. The summed E-state index contributed by atoms with van der Waals surface area (Å²) in [6.07, 6.45) is 5.49. The summed E-state index contributed by atoms with van der Waals surface area (Å²) >= 11 is 3.46. The van der Waals surface area contributed by atoms with Crippen LogP contribution in [0.4, 0.5) is 0 Å². The van der Waals surface area contributed by atoms with Crippen LogP contribution < -0.4 is 5.56 Å². The maximum atomic E-state index is 13.7. The highest BCUT2D eigenvalue weighted by Gasteiger charge is 2.32. The molecular weight excluding hydrogens is 396 g/mol. The Morgan fingerprint density at radius 1 is 1.24 bits per heavy atom. The molecule has 0 saturated carbocycles. The number of hydrogen-bond donors (Lipinski definition) is 0. The number of hydrogen-bond acceptors (Lipinski definition) is 4. The average Bonchev–Trinajstić information content (AvgIpc) is 3.06. The highest BCUT2D eigenvalue weighted by atomic mass is 32.2. The van der Waals surface area contributed by atoms with E-state index in [1.165, 1.54) is 10.4 Å². The summed E-state index contributed by atoms with van der Waals surface area (Å²) in [7, 11) is 0. The minimum Gasteiger partial charge on any atom is -0.268 e. The third-order valence-electron chi connectivity index (χ3n) is 6.02. The monoisotopic (exact) mass is 426 g/mol. The maximum absolute atomic E-state index is 13.7. The lowest BCUT2D eigenvalue weighted by Gasteiger charge is -2.33. The van der Waals surface area contributed by atoms with Crippen molar-refractivity contribution in [3.63, 3.8) is 0 Å². The van der Waals surface area contributed by atoms with Crippen LogP contribution in [-0.2, 0) is 12.8 Å². The molecular formula is C24H30N2OS2. The summed E-state index contributed by atoms with van der Waals surface area (Å²) in [6.45, 7) is 9.19. The first-order chi connectivity index (χ1) is 13.9. The molecule has 5 heteroatoms. The molecule has 1 aliphatic carbocycles. The van der Waals surface area contributed by atoms with Crippen molar-refractivity contribution in [2.75, 3.05) is 5.75 Å². The number of nitrogens with zero attached hydrogens (tertiary/aromatic N) is 2. The van der Waals surface area contributed by atoms with Gasteiger partial charge in [-0.2, -0.15) is 0 Å². The molecule has 0 aliphatic heterocycles. The van der Waals surface area contributed by atoms with Crippen LogP contribution in [0.5, 0.6) is 0 Å². The third-order valence-corrected chi connectivity index (χ3v) is 8.19. The second kappa shape index (κ2) is 8.27. The highest BCUT2D eigenvalue weighted by Crippen LogP contribution is 2.42. The Hall–Kier alpha value is -1.59. The first-order valence-corrected chi connectivity index (χ1v) is 12.5. The number of fused-ring (bicyclic) bond motifs is 3. The molecule has 0 N–H and O–H groups in total. The number of benzene rings is 1. The van der Waals surface area contributed by atoms with Gasteiger partial charge in [-0.15, -0.1) is 11.3 Å². The molecule has 1 atom stereocenters. The van der Waals surface area contributed by atoms with E-state index in [1.54, 1.807) is 23.1 Å². The van der Waals surface area contributed by atoms with E-state index >= 15 is 0 Å². The van der Waals surface area contributed by atoms with Crippen LogP contribution in [0.3, 0.4) is 0 Å². The SMILES string of the molecule is CCCCSc1nc2sc3c(c2c(=O)n1-c1ccccc1)CC[C@@H](C(C)(C)C)C3. The maximum Gasteiger partial charge on any atom is 0.267 e. The number of aryl methyl sites for hydroxylation is 1. The van der Waals surface area contributed by atoms with Crippen LogP contribution in [-0.4, -0.2) is 15.3 Å². The van der Waals surface area contributed by atoms with Crippen LogP contribution in [0.2, 0.25) is 0 Å². The molecule has 2 aromatic heterocycles. The van der Waals surface area contributed by atoms with Gasteiger partial charge in [0.15, 0.2) is 5.16 Å². The zero-order valence-corrected chi connectivity index (χ0v) is 19.5. The van der Waals surface area contributed by atoms with Gasteiger partial charge in [-0.3, -0.25) is 9.36 Å². The average molecular weight is 427 g/mol. The van der Waals surface area contributed by atoms with Crippen molar-refractivity contribution in [1.29, 1.82) is 0 Å². The minimum atomic E-state index is 0.104. The van der Waals surface area contributed by atoms with Crippen molar-refractivity contribution in [2.24, 2.45) is 11.3 Å². The smallest absolute Gasteiger partial charge is 0.267 e. The zero-order valence-electron chi connectivity index (χ0n) is 17.8. The second-order valence-corrected chi connectivity index (χ2v) is 11.2. The van der Waals surface area contributed by atoms with Gasteiger partial charge < -0.3 is 0 Å². The van der Waals surface area contributed by atoms with E-state index in [-0.39, 0.29) is 5.56 Å². The summed E-state index contributed by atoms with van der Waals surface area (Å²) in [5.41, 5.74) is 2.58. The van der Waals surface area contributed by atoms with Crippen LogP contribution in [0, 0.1) is 11.3 Å². The van der Waals surface area contributed by atoms with E-state index in [0.29, 0.717) is 11.3 Å². The van der Waals surface area contributed by atoms with E-state index in [1.807, 2.05) is 34.9 Å². The summed E-state index contributed by atoms with van der Waals surface area (Å²) in [4.78, 5) is 21.0. The molecule has 0 unspecified atom stereocenters. The van der Waals surface area contributed by atoms with Crippen molar-refractivity contribution < 1.29 is 0 Å². The lowest BCUT2D eigenvalue weighted by atomic mass is 9.72. The molecule has 154 valence electrons. The fourth-order valence-electron chi connectivity index (χ4n) is 4.15. The van der Waals surface area contributed by atoms with Crippen molar-refractivity contribution in [1.82, 2.24) is 9.55 Å². The van der Waals surface area contributed by atoms with Gasteiger partial charge in [-0.25, -0.2) is 4.98 Å². The minimum absolute atomic E-state index is 0.104. The standard InChI is InChI=1S/C24H30N2OS2/c1-5-6-14-28-23-25-21-20(22(27)26(23)17-10-8-7-9-11-17)18-13-12-16(24(2,3)4)15-19(18)29-21/h7-11,16H,5-6,12-15H2,1-4H3/t16-/m1/s1. The molecule has 0 bridgehead atoms. The summed E-state index contributed by atoms with van der Waals surface area (Å²) in [6, 6.07) is 9.98. The van der Waals surface area contributed by atoms with Gasteiger partial charge in [0.1, 0.15) is 4.83 Å². The van der Waals surface area contributed by atoms with E-state index in [9.17, 15) is 4.79 Å². The van der Waals surface area contributed by atoms with Crippen LogP contribution in [0.15, 0.2) is 40.3 Å². The lowest BCUT2D eigenvalue weighted by Crippen LogP contribution is -2.27. The molecule has 0 radical (unpaired) electrons. The summed E-state index contributed by atoms with van der Waals surface area (Å²) in [5, 5.41) is 1.69. The lowest BCUT2D eigenvalue weighted by molar-refractivity contribution is 0.218. The van der Waals surface area contributed by atoms with Crippen molar-refractivity contribution in [2.45, 2.75) is 65.0 Å². The molecule has 1 aliphatic rings. The summed E-state index contributed by atoms with van der Waals surface area (Å²) < 4.78 is 1.84. The van der Waals surface area contributed by atoms with E-state index in [4.69, 9.17) is 4.98 Å². The van der Waals surface area contributed by atoms with Gasteiger partial charge in [0, 0.05) is 10.6 Å². The van der Waals surface area contributed by atoms with Gasteiger partial charge in [-0.1, -0.05) is 64.1 Å². The number of aromatic nitrogens is 2. The topological polar surface area (TPSA) is 34.9 Å². The Bertz CT molecular complexity index is 1060. The fraction of sp³-hybridized carbons (Fsp3) is 0.500. The zero-order chi connectivity index (χ0) is 20.6. The molecule has 0 saturated heterocycles. The van der Waals surface area contributed by atoms with Crippen molar-refractivity contribution in [3.8, 4) is 5.69 Å². The van der Waals surface area contributed by atoms with Crippen molar-refractivity contribution >= 4 is 33.3 Å². The van der Waals surface area contributed by atoms with Gasteiger partial charge in [0.25, 0.3) is 5.56 Å². The Morgan fingerprint density at radius 2 is 2.00 bits per heavy atom. The number of unbranched alkanes of at least 4 members (excludes halogenated alkanes) is 1. The second-order valence-electron chi connectivity index (χ2n) is 9.06. The molecule has 29 heavy (non-hydrogen) atoms. The Balaban J connectivity index is 1.86. The first kappa shape index (κ1) is 20.7. The van der Waals surface area contributed by atoms with E-state index < -0.39 is 0 Å². The molecule has 3 nitrogen and oxygen atoms in total.